The fourth-order valence-electron chi connectivity index (χ4n) is 3.93. The molecule has 0 aliphatic rings. The minimum Gasteiger partial charge on any atom is -0.322 e. The lowest BCUT2D eigenvalue weighted by Crippen LogP contribution is -2.30. The van der Waals surface area contributed by atoms with Gasteiger partial charge in [0.05, 0.1) is 10.5 Å². The summed E-state index contributed by atoms with van der Waals surface area (Å²) in [4.78, 5) is 12.9. The summed E-state index contributed by atoms with van der Waals surface area (Å²) < 4.78 is 68.2. The van der Waals surface area contributed by atoms with E-state index in [0.29, 0.717) is 5.56 Å². The minimum atomic E-state index is -4.56. The van der Waals surface area contributed by atoms with Crippen molar-refractivity contribution in [1.82, 2.24) is 4.31 Å². The molecule has 196 valence electrons. The van der Waals surface area contributed by atoms with E-state index in [1.54, 1.807) is 6.92 Å². The van der Waals surface area contributed by atoms with Gasteiger partial charge in [0.25, 0.3) is 5.91 Å². The molecule has 0 saturated heterocycles. The number of benzene rings is 4. The Hall–Kier alpha value is -3.95. The molecule has 4 aromatic carbocycles. The number of alkyl halides is 3. The molecule has 4 aromatic rings. The first-order chi connectivity index (χ1) is 18.0. The molecule has 0 aromatic heterocycles. The van der Waals surface area contributed by atoms with Crippen molar-refractivity contribution in [3.8, 4) is 0 Å². The molecule has 0 spiro atoms. The number of nitrogens with zero attached hydrogens (tertiary/aromatic N) is 1. The van der Waals surface area contributed by atoms with Crippen LogP contribution in [-0.2, 0) is 29.3 Å². The Morgan fingerprint density at radius 3 is 1.92 bits per heavy atom. The quantitative estimate of drug-likeness (QED) is 0.273. The number of hydrogen-bond donors (Lipinski definition) is 1. The smallest absolute Gasteiger partial charge is 0.322 e. The van der Waals surface area contributed by atoms with E-state index in [9.17, 15) is 26.4 Å². The van der Waals surface area contributed by atoms with E-state index in [1.807, 2.05) is 60.7 Å². The molecule has 0 aliphatic carbocycles. The highest BCUT2D eigenvalue weighted by Gasteiger charge is 2.31. The van der Waals surface area contributed by atoms with Crippen molar-refractivity contribution in [3.63, 3.8) is 0 Å². The molecule has 0 atom stereocenters. The van der Waals surface area contributed by atoms with Gasteiger partial charge in [-0.2, -0.15) is 17.5 Å². The molecule has 9 heteroatoms. The molecule has 0 bridgehead atoms. The van der Waals surface area contributed by atoms with Crippen LogP contribution in [0.2, 0.25) is 0 Å². The van der Waals surface area contributed by atoms with E-state index in [4.69, 9.17) is 0 Å². The Balaban J connectivity index is 1.66. The average Bonchev–Trinajstić information content (AvgIpc) is 2.89. The number of aryl methyl sites for hydroxylation is 1. The zero-order valence-corrected chi connectivity index (χ0v) is 21.3. The van der Waals surface area contributed by atoms with Crippen molar-refractivity contribution in [3.05, 3.63) is 131 Å². The lowest BCUT2D eigenvalue weighted by molar-refractivity contribution is -0.137. The van der Waals surface area contributed by atoms with Crippen LogP contribution in [0.1, 0.15) is 32.6 Å². The van der Waals surface area contributed by atoms with Gasteiger partial charge in [0, 0.05) is 24.3 Å². The maximum atomic E-state index is 13.8. The number of rotatable bonds is 8. The van der Waals surface area contributed by atoms with Gasteiger partial charge in [-0.25, -0.2) is 8.42 Å². The van der Waals surface area contributed by atoms with Crippen LogP contribution in [0, 0.1) is 6.92 Å². The maximum Gasteiger partial charge on any atom is 0.416 e. The molecule has 1 amide bonds. The second-order valence-corrected chi connectivity index (χ2v) is 10.7. The lowest BCUT2D eigenvalue weighted by atomic mass is 10.1. The molecule has 38 heavy (non-hydrogen) atoms. The SMILES string of the molecule is Cc1ccc(S(=O)(=O)N(Cc2ccccc2)Cc2ccccc2)cc1C(=O)Nc1cccc(C(F)(F)F)c1. The summed E-state index contributed by atoms with van der Waals surface area (Å²) in [5.74, 6) is -0.712. The predicted molar refractivity (Wildman–Crippen MR) is 140 cm³/mol. The third kappa shape index (κ3) is 6.48. The van der Waals surface area contributed by atoms with E-state index in [0.717, 1.165) is 23.3 Å². The number of amides is 1. The summed E-state index contributed by atoms with van der Waals surface area (Å²) in [5, 5.41) is 2.45. The number of hydrogen-bond acceptors (Lipinski definition) is 3. The zero-order chi connectivity index (χ0) is 27.3. The maximum absolute atomic E-state index is 13.8. The van der Waals surface area contributed by atoms with Crippen LogP contribution in [-0.4, -0.2) is 18.6 Å². The average molecular weight is 539 g/mol. The van der Waals surface area contributed by atoms with E-state index >= 15 is 0 Å². The molecule has 0 saturated carbocycles. The highest BCUT2D eigenvalue weighted by molar-refractivity contribution is 7.89. The Labute approximate surface area is 219 Å². The van der Waals surface area contributed by atoms with E-state index < -0.39 is 27.7 Å². The number of nitrogens with one attached hydrogen (secondary N) is 1. The minimum absolute atomic E-state index is 0.0443. The van der Waals surface area contributed by atoms with Crippen LogP contribution < -0.4 is 5.32 Å². The summed E-state index contributed by atoms with van der Waals surface area (Å²) in [6.45, 7) is 1.85. The highest BCUT2D eigenvalue weighted by atomic mass is 32.2. The van der Waals surface area contributed by atoms with Crippen LogP contribution in [0.25, 0.3) is 0 Å². The first-order valence-corrected chi connectivity index (χ1v) is 13.2. The molecule has 0 radical (unpaired) electrons. The third-order valence-corrected chi connectivity index (χ3v) is 7.73. The van der Waals surface area contributed by atoms with Gasteiger partial charge in [0.15, 0.2) is 0 Å². The Kier molecular flexibility index (Phi) is 7.99. The van der Waals surface area contributed by atoms with Gasteiger partial charge in [-0.1, -0.05) is 72.8 Å². The van der Waals surface area contributed by atoms with Gasteiger partial charge < -0.3 is 5.32 Å². The molecule has 0 unspecified atom stereocenters. The second-order valence-electron chi connectivity index (χ2n) is 8.75. The molecule has 5 nitrogen and oxygen atoms in total. The normalized spacial score (nSPS) is 11.9. The Morgan fingerprint density at radius 1 is 0.789 bits per heavy atom. The molecule has 0 aliphatic heterocycles. The lowest BCUT2D eigenvalue weighted by Gasteiger charge is -2.23. The summed E-state index contributed by atoms with van der Waals surface area (Å²) in [6.07, 6.45) is -4.56. The fraction of sp³-hybridized carbons (Fsp3) is 0.138. The molecule has 0 fully saturated rings. The van der Waals surface area contributed by atoms with E-state index in [1.165, 1.54) is 34.6 Å². The van der Waals surface area contributed by atoms with Crippen molar-refractivity contribution in [2.45, 2.75) is 31.1 Å². The predicted octanol–water partition coefficient (Wildman–Crippen LogP) is 6.66. The van der Waals surface area contributed by atoms with Crippen molar-refractivity contribution in [1.29, 1.82) is 0 Å². The molecule has 0 heterocycles. The third-order valence-electron chi connectivity index (χ3n) is 5.94. The largest absolute Gasteiger partial charge is 0.416 e. The number of carbonyl (C=O) groups is 1. The van der Waals surface area contributed by atoms with Gasteiger partial charge >= 0.3 is 6.18 Å². The topological polar surface area (TPSA) is 66.5 Å². The number of carbonyl (C=O) groups excluding carboxylic acids is 1. The highest BCUT2D eigenvalue weighted by Crippen LogP contribution is 2.31. The van der Waals surface area contributed by atoms with Crippen LogP contribution in [0.15, 0.2) is 108 Å². The van der Waals surface area contributed by atoms with Gasteiger partial charge in [0.2, 0.25) is 10.0 Å². The fourth-order valence-corrected chi connectivity index (χ4v) is 5.37. The van der Waals surface area contributed by atoms with Gasteiger partial charge in [-0.3, -0.25) is 4.79 Å². The van der Waals surface area contributed by atoms with E-state index in [-0.39, 0.29) is 29.2 Å². The van der Waals surface area contributed by atoms with Crippen LogP contribution in [0.4, 0.5) is 18.9 Å². The van der Waals surface area contributed by atoms with Crippen molar-refractivity contribution >= 4 is 21.6 Å². The molecule has 1 N–H and O–H groups in total. The Bertz CT molecular complexity index is 1480. The van der Waals surface area contributed by atoms with Crippen molar-refractivity contribution in [2.24, 2.45) is 0 Å². The summed E-state index contributed by atoms with van der Waals surface area (Å²) in [6, 6.07) is 26.8. The van der Waals surface area contributed by atoms with Crippen LogP contribution in [0.5, 0.6) is 0 Å². The second kappa shape index (κ2) is 11.2. The van der Waals surface area contributed by atoms with Crippen molar-refractivity contribution < 1.29 is 26.4 Å². The number of sulfonamides is 1. The molecule has 4 rings (SSSR count). The first kappa shape index (κ1) is 27.1. The number of anilines is 1. The summed E-state index contributed by atoms with van der Waals surface area (Å²) in [5.41, 5.74) is 1.16. The van der Waals surface area contributed by atoms with Crippen LogP contribution in [0.3, 0.4) is 0 Å². The summed E-state index contributed by atoms with van der Waals surface area (Å²) >= 11 is 0. The molecular formula is C29H25F3N2O3S. The standard InChI is InChI=1S/C29H25F3N2O3S/c1-21-15-16-26(18-27(21)28(35)33-25-14-8-13-24(17-25)29(30,31)32)38(36,37)34(19-22-9-4-2-5-10-22)20-23-11-6-3-7-12-23/h2-18H,19-20H2,1H3,(H,33,35). The van der Waals surface area contributed by atoms with Gasteiger partial charge in [-0.05, 0) is 53.9 Å². The van der Waals surface area contributed by atoms with E-state index in [2.05, 4.69) is 5.32 Å². The zero-order valence-electron chi connectivity index (χ0n) is 20.4. The monoisotopic (exact) mass is 538 g/mol. The first-order valence-electron chi connectivity index (χ1n) is 11.7. The van der Waals surface area contributed by atoms with Gasteiger partial charge in [-0.15, -0.1) is 0 Å². The Morgan fingerprint density at radius 2 is 1.37 bits per heavy atom. The number of halogens is 3. The molecular weight excluding hydrogens is 513 g/mol. The van der Waals surface area contributed by atoms with Crippen LogP contribution >= 0.6 is 0 Å². The van der Waals surface area contributed by atoms with Crippen molar-refractivity contribution in [2.75, 3.05) is 5.32 Å². The van der Waals surface area contributed by atoms with Gasteiger partial charge in [0.1, 0.15) is 0 Å². The summed E-state index contributed by atoms with van der Waals surface area (Å²) in [7, 11) is -4.06.